The molecule has 5 unspecified atom stereocenters. The number of nitrogens with zero attached hydrogens (tertiary/aromatic N) is 4. The van der Waals surface area contributed by atoms with Crippen molar-refractivity contribution in [2.45, 2.75) is 64.7 Å². The minimum Gasteiger partial charge on any atom is -0.390 e. The van der Waals surface area contributed by atoms with Crippen LogP contribution in [0.3, 0.4) is 0 Å². The number of likely N-dealkylation sites (tertiary alicyclic amines) is 2. The van der Waals surface area contributed by atoms with Crippen molar-refractivity contribution in [2.24, 2.45) is 11.8 Å². The summed E-state index contributed by atoms with van der Waals surface area (Å²) in [6.07, 6.45) is 4.67. The predicted molar refractivity (Wildman–Crippen MR) is 119 cm³/mol. The SMILES string of the molecule is CC1CCCN(CC(O)CN2CCN(CC(O)CN3CCCC(C)C3)C(C)C2)C1. The summed E-state index contributed by atoms with van der Waals surface area (Å²) in [5.74, 6) is 1.53. The minimum absolute atomic E-state index is 0.259. The van der Waals surface area contributed by atoms with Gasteiger partial charge in [0.2, 0.25) is 0 Å². The van der Waals surface area contributed by atoms with Crippen LogP contribution in [-0.4, -0.2) is 120 Å². The van der Waals surface area contributed by atoms with Crippen molar-refractivity contribution >= 4 is 0 Å². The van der Waals surface area contributed by atoms with Gasteiger partial charge in [-0.3, -0.25) is 9.80 Å². The Morgan fingerprint density at radius 1 is 0.655 bits per heavy atom. The number of hydrogen-bond acceptors (Lipinski definition) is 6. The van der Waals surface area contributed by atoms with Gasteiger partial charge in [0, 0.05) is 64.9 Å². The number of aliphatic hydroxyl groups is 2. The van der Waals surface area contributed by atoms with Gasteiger partial charge in [-0.15, -0.1) is 0 Å². The largest absolute Gasteiger partial charge is 0.390 e. The number of β-amino-alcohol motifs (C(OH)–C–C–N with tert-alkyl or cyclic N) is 2. The van der Waals surface area contributed by atoms with Crippen LogP contribution in [0.15, 0.2) is 0 Å². The summed E-state index contributed by atoms with van der Waals surface area (Å²) in [7, 11) is 0. The molecule has 0 spiro atoms. The second-order valence-electron chi connectivity index (χ2n) is 10.4. The van der Waals surface area contributed by atoms with E-state index in [1.165, 1.54) is 25.7 Å². The van der Waals surface area contributed by atoms with Crippen molar-refractivity contribution in [3.63, 3.8) is 0 Å². The van der Waals surface area contributed by atoms with Gasteiger partial charge in [-0.25, -0.2) is 0 Å². The molecule has 5 atom stereocenters. The molecule has 3 rings (SSSR count). The summed E-state index contributed by atoms with van der Waals surface area (Å²) < 4.78 is 0. The third kappa shape index (κ3) is 7.75. The Morgan fingerprint density at radius 2 is 1.14 bits per heavy atom. The zero-order chi connectivity index (χ0) is 20.8. The molecule has 0 aromatic heterocycles. The number of rotatable bonds is 8. The number of hydrogen-bond donors (Lipinski definition) is 2. The van der Waals surface area contributed by atoms with Gasteiger partial charge < -0.3 is 20.0 Å². The van der Waals surface area contributed by atoms with E-state index >= 15 is 0 Å². The van der Waals surface area contributed by atoms with E-state index in [1.807, 2.05) is 0 Å². The Labute approximate surface area is 178 Å². The highest BCUT2D eigenvalue weighted by atomic mass is 16.3. The molecule has 0 saturated carbocycles. The van der Waals surface area contributed by atoms with E-state index in [0.717, 1.165) is 83.8 Å². The van der Waals surface area contributed by atoms with Gasteiger partial charge in [0.1, 0.15) is 0 Å². The van der Waals surface area contributed by atoms with Crippen LogP contribution < -0.4 is 0 Å². The summed E-state index contributed by atoms with van der Waals surface area (Å²) in [4.78, 5) is 9.74. The normalized spacial score (nSPS) is 33.6. The molecule has 3 aliphatic rings. The van der Waals surface area contributed by atoms with Crippen LogP contribution in [0.1, 0.15) is 46.5 Å². The lowest BCUT2D eigenvalue weighted by Gasteiger charge is -2.42. The quantitative estimate of drug-likeness (QED) is 0.627. The Balaban J connectivity index is 1.35. The average Bonchev–Trinajstić information content (AvgIpc) is 2.64. The van der Waals surface area contributed by atoms with Crippen LogP contribution in [0.4, 0.5) is 0 Å². The zero-order valence-electron chi connectivity index (χ0n) is 19.2. The van der Waals surface area contributed by atoms with Gasteiger partial charge in [-0.05, 0) is 57.5 Å². The highest BCUT2D eigenvalue weighted by molar-refractivity contribution is 4.84. The lowest BCUT2D eigenvalue weighted by molar-refractivity contribution is 0.00110. The zero-order valence-corrected chi connectivity index (χ0v) is 19.2. The van der Waals surface area contributed by atoms with Crippen LogP contribution in [0.2, 0.25) is 0 Å². The first kappa shape index (κ1) is 23.4. The molecule has 3 saturated heterocycles. The molecule has 0 bridgehead atoms. The summed E-state index contributed by atoms with van der Waals surface area (Å²) in [5, 5.41) is 21.2. The van der Waals surface area contributed by atoms with Crippen LogP contribution >= 0.6 is 0 Å². The molecule has 170 valence electrons. The van der Waals surface area contributed by atoms with Gasteiger partial charge in [0.15, 0.2) is 0 Å². The monoisotopic (exact) mass is 410 g/mol. The van der Waals surface area contributed by atoms with E-state index < -0.39 is 0 Å². The van der Waals surface area contributed by atoms with Gasteiger partial charge in [-0.1, -0.05) is 13.8 Å². The number of piperazine rings is 1. The molecule has 0 amide bonds. The average molecular weight is 411 g/mol. The molecule has 0 aromatic carbocycles. The van der Waals surface area contributed by atoms with E-state index in [9.17, 15) is 10.2 Å². The first-order valence-electron chi connectivity index (χ1n) is 12.2. The maximum absolute atomic E-state index is 10.6. The Bertz CT molecular complexity index is 480. The van der Waals surface area contributed by atoms with Gasteiger partial charge >= 0.3 is 0 Å². The maximum Gasteiger partial charge on any atom is 0.0793 e. The fourth-order valence-corrected chi connectivity index (χ4v) is 5.69. The molecule has 2 N–H and O–H groups in total. The molecule has 3 aliphatic heterocycles. The van der Waals surface area contributed by atoms with Crippen molar-refractivity contribution in [3.8, 4) is 0 Å². The van der Waals surface area contributed by atoms with E-state index in [1.54, 1.807) is 0 Å². The molecule has 0 radical (unpaired) electrons. The Hall–Kier alpha value is -0.240. The van der Waals surface area contributed by atoms with Crippen LogP contribution in [0, 0.1) is 11.8 Å². The number of aliphatic hydroxyl groups excluding tert-OH is 2. The van der Waals surface area contributed by atoms with Gasteiger partial charge in [0.05, 0.1) is 12.2 Å². The molecule has 0 aliphatic carbocycles. The third-order valence-electron chi connectivity index (χ3n) is 7.18. The topological polar surface area (TPSA) is 53.4 Å². The molecule has 0 aromatic rings. The van der Waals surface area contributed by atoms with E-state index in [0.29, 0.717) is 6.04 Å². The standard InChI is InChI=1S/C23H46N4O2/c1-19-6-4-8-24(12-19)15-22(28)16-26-10-11-27(21(3)14-26)18-23(29)17-25-9-5-7-20(2)13-25/h19-23,28-29H,4-18H2,1-3H3. The van der Waals surface area contributed by atoms with Crippen molar-refractivity contribution in [3.05, 3.63) is 0 Å². The summed E-state index contributed by atoms with van der Waals surface area (Å²) in [5.41, 5.74) is 0. The lowest BCUT2D eigenvalue weighted by atomic mass is 10.00. The summed E-state index contributed by atoms with van der Waals surface area (Å²) >= 11 is 0. The highest BCUT2D eigenvalue weighted by Gasteiger charge is 2.28. The van der Waals surface area contributed by atoms with Crippen LogP contribution in [0.5, 0.6) is 0 Å². The second kappa shape index (κ2) is 11.4. The predicted octanol–water partition coefficient (Wildman–Crippen LogP) is 1.18. The van der Waals surface area contributed by atoms with Crippen molar-refractivity contribution in [2.75, 3.05) is 72.0 Å². The molecule has 3 heterocycles. The lowest BCUT2D eigenvalue weighted by Crippen LogP contribution is -2.56. The highest BCUT2D eigenvalue weighted by Crippen LogP contribution is 2.18. The Morgan fingerprint density at radius 3 is 1.62 bits per heavy atom. The summed E-state index contributed by atoms with van der Waals surface area (Å²) in [6, 6.07) is 0.431. The second-order valence-corrected chi connectivity index (χ2v) is 10.4. The van der Waals surface area contributed by atoms with E-state index in [-0.39, 0.29) is 12.2 Å². The molecule has 29 heavy (non-hydrogen) atoms. The molecule has 6 nitrogen and oxygen atoms in total. The summed E-state index contributed by atoms with van der Waals surface area (Å²) in [6.45, 7) is 17.6. The first-order chi connectivity index (χ1) is 13.9. The van der Waals surface area contributed by atoms with Crippen LogP contribution in [0.25, 0.3) is 0 Å². The minimum atomic E-state index is -0.263. The molecule has 3 fully saturated rings. The van der Waals surface area contributed by atoms with Gasteiger partial charge in [0.25, 0.3) is 0 Å². The fraction of sp³-hybridized carbons (Fsp3) is 1.00. The fourth-order valence-electron chi connectivity index (χ4n) is 5.69. The maximum atomic E-state index is 10.6. The molecular weight excluding hydrogens is 364 g/mol. The third-order valence-corrected chi connectivity index (χ3v) is 7.18. The molecular formula is C23H46N4O2. The van der Waals surface area contributed by atoms with Crippen molar-refractivity contribution < 1.29 is 10.2 Å². The number of piperidine rings is 2. The molecule has 6 heteroatoms. The van der Waals surface area contributed by atoms with Crippen molar-refractivity contribution in [1.82, 2.24) is 19.6 Å². The van der Waals surface area contributed by atoms with Crippen LogP contribution in [-0.2, 0) is 0 Å². The van der Waals surface area contributed by atoms with E-state index in [4.69, 9.17) is 0 Å². The van der Waals surface area contributed by atoms with Gasteiger partial charge in [-0.2, -0.15) is 0 Å². The smallest absolute Gasteiger partial charge is 0.0793 e. The van der Waals surface area contributed by atoms with Crippen molar-refractivity contribution in [1.29, 1.82) is 0 Å². The Kier molecular flexibility index (Phi) is 9.21. The van der Waals surface area contributed by atoms with E-state index in [2.05, 4.69) is 40.4 Å². The first-order valence-corrected chi connectivity index (χ1v) is 12.2.